The maximum Gasteiger partial charge on any atom is 0.232 e. The van der Waals surface area contributed by atoms with E-state index in [-0.39, 0.29) is 6.04 Å². The van der Waals surface area contributed by atoms with Gasteiger partial charge in [0.2, 0.25) is 5.91 Å². The number of hydrogen-bond donors (Lipinski definition) is 2. The highest BCUT2D eigenvalue weighted by Crippen LogP contribution is 1.96. The molecule has 5 heteroatoms. The van der Waals surface area contributed by atoms with Crippen molar-refractivity contribution in [3.05, 3.63) is 0 Å². The molecule has 0 aliphatic rings. The molecule has 0 aromatic rings. The molecule has 0 saturated heterocycles. The van der Waals surface area contributed by atoms with Crippen molar-refractivity contribution >= 4 is 16.7 Å². The van der Waals surface area contributed by atoms with E-state index in [9.17, 15) is 9.00 Å². The van der Waals surface area contributed by atoms with Gasteiger partial charge in [0.15, 0.2) is 0 Å². The van der Waals surface area contributed by atoms with Crippen LogP contribution in [-0.4, -0.2) is 27.2 Å². The number of primary amides is 1. The first kappa shape index (κ1) is 10.6. The highest BCUT2D eigenvalue weighted by Gasteiger charge is 2.17. The Kier molecular flexibility index (Phi) is 4.29. The molecule has 0 aromatic carbocycles. The van der Waals surface area contributed by atoms with Gasteiger partial charge in [0.05, 0.1) is 0 Å². The standard InChI is InChI=1S/C6H14N2O2S/c1-4(7)3-11(10)5(2)6(8)9/h4-5H,3,7H2,1-2H3,(H2,8,9). The predicted molar refractivity (Wildman–Crippen MR) is 45.3 cm³/mol. The van der Waals surface area contributed by atoms with E-state index < -0.39 is 22.0 Å². The highest BCUT2D eigenvalue weighted by atomic mass is 32.2. The molecule has 0 radical (unpaired) electrons. The summed E-state index contributed by atoms with van der Waals surface area (Å²) in [6.07, 6.45) is 0. The number of nitrogens with two attached hydrogens (primary N) is 2. The second kappa shape index (κ2) is 4.46. The van der Waals surface area contributed by atoms with Crippen molar-refractivity contribution in [2.45, 2.75) is 25.1 Å². The molecule has 0 fully saturated rings. The molecule has 0 heterocycles. The van der Waals surface area contributed by atoms with E-state index in [2.05, 4.69) is 0 Å². The molecule has 11 heavy (non-hydrogen) atoms. The Morgan fingerprint density at radius 1 is 1.55 bits per heavy atom. The topological polar surface area (TPSA) is 86.2 Å². The second-order valence-electron chi connectivity index (χ2n) is 2.57. The van der Waals surface area contributed by atoms with Crippen LogP contribution >= 0.6 is 0 Å². The number of rotatable bonds is 4. The van der Waals surface area contributed by atoms with Gasteiger partial charge in [0, 0.05) is 22.6 Å². The molecule has 0 spiro atoms. The normalized spacial score (nSPS) is 18.8. The number of carbonyl (C=O) groups is 1. The molecule has 0 saturated carbocycles. The van der Waals surface area contributed by atoms with E-state index in [1.807, 2.05) is 0 Å². The molecule has 66 valence electrons. The van der Waals surface area contributed by atoms with E-state index in [0.717, 1.165) is 0 Å². The second-order valence-corrected chi connectivity index (χ2v) is 4.37. The fourth-order valence-electron chi connectivity index (χ4n) is 0.533. The van der Waals surface area contributed by atoms with Crippen LogP contribution in [0, 0.1) is 0 Å². The average molecular weight is 178 g/mol. The zero-order valence-electron chi connectivity index (χ0n) is 6.74. The average Bonchev–Trinajstić information content (AvgIpc) is 1.84. The Morgan fingerprint density at radius 3 is 2.27 bits per heavy atom. The van der Waals surface area contributed by atoms with Gasteiger partial charge in [-0.25, -0.2) is 0 Å². The first-order valence-corrected chi connectivity index (χ1v) is 4.75. The molecule has 0 aliphatic heterocycles. The zero-order chi connectivity index (χ0) is 9.02. The Morgan fingerprint density at radius 2 is 2.00 bits per heavy atom. The molecule has 0 aliphatic carbocycles. The van der Waals surface area contributed by atoms with Crippen molar-refractivity contribution in [3.63, 3.8) is 0 Å². The minimum Gasteiger partial charge on any atom is -0.369 e. The van der Waals surface area contributed by atoms with Crippen molar-refractivity contribution in [3.8, 4) is 0 Å². The van der Waals surface area contributed by atoms with Gasteiger partial charge in [0.1, 0.15) is 5.25 Å². The van der Waals surface area contributed by atoms with Gasteiger partial charge in [-0.15, -0.1) is 0 Å². The quantitative estimate of drug-likeness (QED) is 0.576. The molecule has 3 atom stereocenters. The van der Waals surface area contributed by atoms with Gasteiger partial charge in [-0.3, -0.25) is 9.00 Å². The predicted octanol–water partition coefficient (Wildman–Crippen LogP) is -1.04. The summed E-state index contributed by atoms with van der Waals surface area (Å²) < 4.78 is 11.1. The smallest absolute Gasteiger partial charge is 0.232 e. The lowest BCUT2D eigenvalue weighted by molar-refractivity contribution is -0.117. The number of carbonyl (C=O) groups excluding carboxylic acids is 1. The fourth-order valence-corrected chi connectivity index (χ4v) is 1.60. The Balaban J connectivity index is 3.93. The first-order chi connectivity index (χ1) is 4.95. The van der Waals surface area contributed by atoms with E-state index in [1.165, 1.54) is 0 Å². The van der Waals surface area contributed by atoms with Gasteiger partial charge >= 0.3 is 0 Å². The third-order valence-electron chi connectivity index (χ3n) is 1.22. The van der Waals surface area contributed by atoms with Crippen molar-refractivity contribution in [2.24, 2.45) is 11.5 Å². The third-order valence-corrected chi connectivity index (χ3v) is 3.10. The van der Waals surface area contributed by atoms with Crippen molar-refractivity contribution in [2.75, 3.05) is 5.75 Å². The summed E-state index contributed by atoms with van der Waals surface area (Å²) in [6.45, 7) is 3.28. The summed E-state index contributed by atoms with van der Waals surface area (Å²) in [6, 6.07) is -0.155. The first-order valence-electron chi connectivity index (χ1n) is 3.37. The minimum absolute atomic E-state index is 0.155. The molecule has 4 N–H and O–H groups in total. The Labute approximate surface area is 68.8 Å². The molecular weight excluding hydrogens is 164 g/mol. The fraction of sp³-hybridized carbons (Fsp3) is 0.833. The molecule has 1 amide bonds. The van der Waals surface area contributed by atoms with Crippen LogP contribution in [0.1, 0.15) is 13.8 Å². The van der Waals surface area contributed by atoms with Gasteiger partial charge in [-0.1, -0.05) is 0 Å². The maximum atomic E-state index is 11.1. The number of amides is 1. The lowest BCUT2D eigenvalue weighted by Crippen LogP contribution is -2.35. The van der Waals surface area contributed by atoms with E-state index in [0.29, 0.717) is 5.75 Å². The molecule has 0 bridgehead atoms. The molecule has 0 rings (SSSR count). The van der Waals surface area contributed by atoms with Crippen LogP contribution in [0.4, 0.5) is 0 Å². The van der Waals surface area contributed by atoms with Gasteiger partial charge in [0.25, 0.3) is 0 Å². The summed E-state index contributed by atoms with van der Waals surface area (Å²) >= 11 is 0. The van der Waals surface area contributed by atoms with Crippen molar-refractivity contribution < 1.29 is 9.00 Å². The SMILES string of the molecule is CC(N)CS(=O)C(C)C(N)=O. The van der Waals surface area contributed by atoms with Crippen molar-refractivity contribution in [1.82, 2.24) is 0 Å². The van der Waals surface area contributed by atoms with E-state index >= 15 is 0 Å². The summed E-state index contributed by atoms with van der Waals surface area (Å²) in [5, 5.41) is -0.596. The summed E-state index contributed by atoms with van der Waals surface area (Å²) in [5.41, 5.74) is 10.3. The molecule has 3 unspecified atom stereocenters. The van der Waals surface area contributed by atoms with Crippen LogP contribution in [0.3, 0.4) is 0 Å². The summed E-state index contributed by atoms with van der Waals surface area (Å²) in [5.74, 6) is -0.214. The lowest BCUT2D eigenvalue weighted by atomic mass is 10.4. The monoisotopic (exact) mass is 178 g/mol. The zero-order valence-corrected chi connectivity index (χ0v) is 7.56. The summed E-state index contributed by atoms with van der Waals surface area (Å²) in [7, 11) is -1.22. The Hall–Kier alpha value is -0.420. The van der Waals surface area contributed by atoms with Crippen molar-refractivity contribution in [1.29, 1.82) is 0 Å². The number of hydrogen-bond acceptors (Lipinski definition) is 3. The highest BCUT2D eigenvalue weighted by molar-refractivity contribution is 7.86. The van der Waals surface area contributed by atoms with Gasteiger partial charge in [-0.05, 0) is 13.8 Å². The van der Waals surface area contributed by atoms with Crippen LogP contribution in [-0.2, 0) is 15.6 Å². The largest absolute Gasteiger partial charge is 0.369 e. The molecule has 0 aromatic heterocycles. The minimum atomic E-state index is -1.22. The lowest BCUT2D eigenvalue weighted by Gasteiger charge is -2.08. The third kappa shape index (κ3) is 4.10. The molecule has 4 nitrogen and oxygen atoms in total. The van der Waals surface area contributed by atoms with E-state index in [4.69, 9.17) is 11.5 Å². The van der Waals surface area contributed by atoms with Crippen LogP contribution < -0.4 is 11.5 Å². The van der Waals surface area contributed by atoms with Crippen LogP contribution in [0.5, 0.6) is 0 Å². The summed E-state index contributed by atoms with van der Waals surface area (Å²) in [4.78, 5) is 10.5. The van der Waals surface area contributed by atoms with Crippen LogP contribution in [0.25, 0.3) is 0 Å². The van der Waals surface area contributed by atoms with Crippen LogP contribution in [0.15, 0.2) is 0 Å². The van der Waals surface area contributed by atoms with Gasteiger partial charge in [-0.2, -0.15) is 0 Å². The Bertz CT molecular complexity index is 170. The molecular formula is C6H14N2O2S. The van der Waals surface area contributed by atoms with Gasteiger partial charge < -0.3 is 11.5 Å². The van der Waals surface area contributed by atoms with Crippen LogP contribution in [0.2, 0.25) is 0 Å². The van der Waals surface area contributed by atoms with E-state index in [1.54, 1.807) is 13.8 Å². The maximum absolute atomic E-state index is 11.1.